The van der Waals surface area contributed by atoms with E-state index in [1.165, 1.54) is 134 Å². The molecule has 0 aromatic carbocycles. The molecule has 2 N–H and O–H groups in total. The first-order valence-electron chi connectivity index (χ1n) is 12.2. The minimum Gasteiger partial charge on any atom is -0.480 e. The minimum absolute atomic E-state index is 0.269. The molecule has 1 rings (SSSR count). The number of hydrogen-bond acceptors (Lipinski definition) is 2. The summed E-state index contributed by atoms with van der Waals surface area (Å²) in [5.41, 5.74) is 0. The number of unbranched alkanes of at least 4 members (excludes halogenated alkanes) is 15. The van der Waals surface area contributed by atoms with E-state index >= 15 is 0 Å². The molecule has 0 spiro atoms. The van der Waals surface area contributed by atoms with E-state index < -0.39 is 5.97 Å². The zero-order chi connectivity index (χ0) is 20.0. The molecule has 0 amide bonds. The molecule has 4 heteroatoms. The summed E-state index contributed by atoms with van der Waals surface area (Å²) in [6.45, 7) is 3.16. The Kier molecular flexibility index (Phi) is 23.1. The van der Waals surface area contributed by atoms with Gasteiger partial charge in [-0.05, 0) is 19.4 Å². The molecule has 1 aliphatic rings. The van der Waals surface area contributed by atoms with Gasteiger partial charge in [-0.1, -0.05) is 39.0 Å². The van der Waals surface area contributed by atoms with Gasteiger partial charge in [-0.2, -0.15) is 0 Å². The van der Waals surface area contributed by atoms with Crippen LogP contribution in [0.1, 0.15) is 122 Å². The summed E-state index contributed by atoms with van der Waals surface area (Å²) in [7, 11) is 0. The smallest absolute Gasteiger partial charge is 0.320 e. The Bertz CT molecular complexity index is 291. The van der Waals surface area contributed by atoms with Crippen LogP contribution in [0.4, 0.5) is 0 Å². The fraction of sp³-hybridized carbons (Fsp3) is 0.957. The van der Waals surface area contributed by atoms with Gasteiger partial charge in [0.2, 0.25) is 0 Å². The van der Waals surface area contributed by atoms with Gasteiger partial charge in [0.15, 0.2) is 0 Å². The largest absolute Gasteiger partial charge is 0.480 e. The van der Waals surface area contributed by atoms with Gasteiger partial charge in [-0.15, -0.1) is 0 Å². The molecule has 27 heavy (non-hydrogen) atoms. The van der Waals surface area contributed by atoms with Crippen molar-refractivity contribution < 1.29 is 9.90 Å². The maximum Gasteiger partial charge on any atom is 0.320 e. The molecule has 3 nitrogen and oxygen atoms in total. The Morgan fingerprint density at radius 2 is 1.22 bits per heavy atom. The summed E-state index contributed by atoms with van der Waals surface area (Å²) in [5.74, 6) is -0.720. The molecule has 0 aromatic rings. The van der Waals surface area contributed by atoms with Crippen molar-refractivity contribution in [1.82, 2.24) is 5.32 Å². The molecule has 156 valence electrons. The van der Waals surface area contributed by atoms with Crippen LogP contribution in [0, 0.1) is 0 Å². The molecule has 0 aromatic heterocycles. The second-order valence-corrected chi connectivity index (χ2v) is 9.29. The van der Waals surface area contributed by atoms with E-state index in [-0.39, 0.29) is 6.04 Å². The van der Waals surface area contributed by atoms with Gasteiger partial charge < -0.3 is 10.4 Å². The van der Waals surface area contributed by atoms with Crippen molar-refractivity contribution in [3.8, 4) is 0 Å². The first-order chi connectivity index (χ1) is 13.2. The molecule has 1 heterocycles. The van der Waals surface area contributed by atoms with E-state index in [1.807, 2.05) is 0 Å². The van der Waals surface area contributed by atoms with Crippen molar-refractivity contribution in [2.75, 3.05) is 6.54 Å². The third-order valence-electron chi connectivity index (χ3n) is 5.57. The predicted octanol–water partition coefficient (Wildman–Crippen LogP) is 6.66. The van der Waals surface area contributed by atoms with E-state index in [9.17, 15) is 4.79 Å². The number of carbonyl (C=O) groups is 1. The molecular formula is C23H46NNaO2. The Labute approximate surface area is 187 Å². The van der Waals surface area contributed by atoms with Gasteiger partial charge in [-0.3, -0.25) is 4.79 Å². The third-order valence-corrected chi connectivity index (χ3v) is 6.27. The SMILES string of the molecule is CCCCCCCCCCCCCCCCC[CH2][Na].O=C(O)[C@@H]1CCCN1. The summed E-state index contributed by atoms with van der Waals surface area (Å²) in [6.07, 6.45) is 25.5. The Balaban J connectivity index is 0.000000694. The maximum absolute atomic E-state index is 10.1. The quantitative estimate of drug-likeness (QED) is 0.215. The molecule has 1 saturated heterocycles. The molecule has 1 fully saturated rings. The zero-order valence-electron chi connectivity index (χ0n) is 18.6. The summed E-state index contributed by atoms with van der Waals surface area (Å²) in [5, 5.41) is 11.2. The summed E-state index contributed by atoms with van der Waals surface area (Å²) >= 11 is 1.41. The monoisotopic (exact) mass is 391 g/mol. The van der Waals surface area contributed by atoms with Gasteiger partial charge in [0.05, 0.1) is 0 Å². The number of rotatable bonds is 17. The predicted molar refractivity (Wildman–Crippen MR) is 119 cm³/mol. The van der Waals surface area contributed by atoms with Gasteiger partial charge >= 0.3 is 108 Å². The van der Waals surface area contributed by atoms with Crippen molar-refractivity contribution in [2.24, 2.45) is 0 Å². The first kappa shape index (κ1) is 27.4. The van der Waals surface area contributed by atoms with E-state index in [1.54, 1.807) is 0 Å². The van der Waals surface area contributed by atoms with E-state index in [0.717, 1.165) is 19.4 Å². The molecule has 1 atom stereocenters. The third kappa shape index (κ3) is 21.0. The average Bonchev–Trinajstić information content (AvgIpc) is 3.21. The number of hydrogen-bond donors (Lipinski definition) is 2. The number of carboxylic acids is 1. The van der Waals surface area contributed by atoms with Crippen LogP contribution >= 0.6 is 0 Å². The van der Waals surface area contributed by atoms with Crippen molar-refractivity contribution in [1.29, 1.82) is 0 Å². The molecule has 1 aliphatic heterocycles. The van der Waals surface area contributed by atoms with E-state index in [2.05, 4.69) is 12.2 Å². The van der Waals surface area contributed by atoms with Crippen molar-refractivity contribution in [2.45, 2.75) is 132 Å². The van der Waals surface area contributed by atoms with Gasteiger partial charge in [0.25, 0.3) is 0 Å². The van der Waals surface area contributed by atoms with Gasteiger partial charge in [0, 0.05) is 0 Å². The summed E-state index contributed by atoms with van der Waals surface area (Å²) < 4.78 is 1.51. The van der Waals surface area contributed by atoms with Crippen molar-refractivity contribution in [3.05, 3.63) is 0 Å². The number of carboxylic acid groups (broad SMARTS) is 1. The Morgan fingerprint density at radius 3 is 1.48 bits per heavy atom. The van der Waals surface area contributed by atoms with Crippen LogP contribution < -0.4 is 5.32 Å². The normalized spacial score (nSPS) is 16.2. The summed E-state index contributed by atoms with van der Waals surface area (Å²) in [6, 6.07) is -0.269. The van der Waals surface area contributed by atoms with Crippen LogP contribution in [-0.2, 0) is 4.79 Å². The number of nitrogens with one attached hydrogen (secondary N) is 1. The second-order valence-electron chi connectivity index (χ2n) is 8.29. The van der Waals surface area contributed by atoms with Crippen LogP contribution in [0.5, 0.6) is 0 Å². The Morgan fingerprint density at radius 1 is 0.815 bits per heavy atom. The van der Waals surface area contributed by atoms with Gasteiger partial charge in [-0.25, -0.2) is 0 Å². The van der Waals surface area contributed by atoms with Crippen LogP contribution in [0.25, 0.3) is 0 Å². The van der Waals surface area contributed by atoms with Crippen molar-refractivity contribution in [3.63, 3.8) is 0 Å². The first-order valence-corrected chi connectivity index (χ1v) is 13.6. The fourth-order valence-corrected chi connectivity index (χ4v) is 4.19. The zero-order valence-corrected chi connectivity index (χ0v) is 20.6. The molecular weight excluding hydrogens is 345 g/mol. The van der Waals surface area contributed by atoms with E-state index in [0.29, 0.717) is 0 Å². The molecule has 0 aliphatic carbocycles. The minimum atomic E-state index is -0.720. The maximum atomic E-state index is 10.1. The summed E-state index contributed by atoms with van der Waals surface area (Å²) in [4.78, 5) is 10.1. The van der Waals surface area contributed by atoms with Crippen molar-refractivity contribution >= 4 is 33.9 Å². The van der Waals surface area contributed by atoms with Crippen LogP contribution in [0.3, 0.4) is 0 Å². The van der Waals surface area contributed by atoms with Gasteiger partial charge in [0.1, 0.15) is 6.04 Å². The van der Waals surface area contributed by atoms with Crippen LogP contribution in [0.15, 0.2) is 0 Å². The van der Waals surface area contributed by atoms with E-state index in [4.69, 9.17) is 5.11 Å². The average molecular weight is 392 g/mol. The topological polar surface area (TPSA) is 49.3 Å². The fourth-order valence-electron chi connectivity index (χ4n) is 3.69. The molecule has 0 bridgehead atoms. The number of aliphatic carboxylic acids is 1. The standard InChI is InChI=1S/C18H37.C5H9NO2.Na/c1-3-5-7-9-11-13-15-17-18-16-14-12-10-8-6-4-2;7-5(8)4-2-1-3-6-4;/h1,3-18H2,2H3;4,6H,1-3H2,(H,7,8);/t;4-;/m.0./s1. The Hall–Kier alpha value is 0.430. The molecule has 0 unspecified atom stereocenters. The van der Waals surface area contributed by atoms with Crippen LogP contribution in [0.2, 0.25) is 3.67 Å². The second kappa shape index (κ2) is 22.7. The van der Waals surface area contributed by atoms with Crippen LogP contribution in [-0.4, -0.2) is 51.6 Å². The molecule has 0 radical (unpaired) electrons. The molecule has 0 saturated carbocycles.